The van der Waals surface area contributed by atoms with Crippen LogP contribution in [0, 0.1) is 11.8 Å². The van der Waals surface area contributed by atoms with Crippen LogP contribution in [0.4, 0.5) is 5.69 Å². The first kappa shape index (κ1) is 26.4. The zero-order valence-corrected chi connectivity index (χ0v) is 22.1. The first-order chi connectivity index (χ1) is 18.3. The Labute approximate surface area is 223 Å². The lowest BCUT2D eigenvalue weighted by atomic mass is 9.57. The second kappa shape index (κ2) is 10.2. The van der Waals surface area contributed by atoms with Gasteiger partial charge >= 0.3 is 11.9 Å². The van der Waals surface area contributed by atoms with Crippen LogP contribution in [0.3, 0.4) is 0 Å². The van der Waals surface area contributed by atoms with E-state index in [4.69, 9.17) is 9.47 Å². The fourth-order valence-electron chi connectivity index (χ4n) is 7.09. The molecule has 2 heterocycles. The highest BCUT2D eigenvalue weighted by atomic mass is 16.5. The third-order valence-corrected chi connectivity index (χ3v) is 8.88. The Hall–Kier alpha value is -3.20. The number of aliphatic hydroxyl groups excluding tert-OH is 1. The summed E-state index contributed by atoms with van der Waals surface area (Å²) in [6.07, 6.45) is 1.14. The van der Waals surface area contributed by atoms with E-state index in [0.717, 1.165) is 29.8 Å². The normalized spacial score (nSPS) is 27.6. The fraction of sp³-hybridized carbons (Fsp3) is 0.467. The summed E-state index contributed by atoms with van der Waals surface area (Å²) in [5.41, 5.74) is 1.98. The predicted molar refractivity (Wildman–Crippen MR) is 142 cm³/mol. The maximum absolute atomic E-state index is 13.5. The van der Waals surface area contributed by atoms with Crippen LogP contribution >= 0.6 is 0 Å². The Bertz CT molecular complexity index is 1240. The molecule has 0 saturated carbocycles. The van der Waals surface area contributed by atoms with Gasteiger partial charge in [-0.3, -0.25) is 9.69 Å². The van der Waals surface area contributed by atoms with Crippen LogP contribution < -0.4 is 5.32 Å². The molecule has 0 aromatic heterocycles. The lowest BCUT2D eigenvalue weighted by molar-refractivity contribution is -0.153. The topological polar surface area (TPSA) is 108 Å². The van der Waals surface area contributed by atoms with Crippen LogP contribution in [0.25, 0.3) is 0 Å². The minimum Gasteiger partial charge on any atom is -0.469 e. The van der Waals surface area contributed by atoms with E-state index in [-0.39, 0.29) is 18.0 Å². The Morgan fingerprint density at radius 2 is 1.82 bits per heavy atom. The van der Waals surface area contributed by atoms with Crippen LogP contribution in [0.15, 0.2) is 65.9 Å². The van der Waals surface area contributed by atoms with Crippen molar-refractivity contribution in [1.29, 1.82) is 0 Å². The van der Waals surface area contributed by atoms with Crippen LogP contribution in [-0.4, -0.2) is 66.1 Å². The second-order valence-electron chi connectivity index (χ2n) is 10.7. The third kappa shape index (κ3) is 4.02. The highest BCUT2D eigenvalue weighted by Crippen LogP contribution is 2.61. The largest absolute Gasteiger partial charge is 0.469 e. The van der Waals surface area contributed by atoms with Crippen molar-refractivity contribution in [2.45, 2.75) is 49.8 Å². The number of carbonyl (C=O) groups is 2. The lowest BCUT2D eigenvalue weighted by Gasteiger charge is -2.50. The molecule has 0 unspecified atom stereocenters. The zero-order valence-electron chi connectivity index (χ0n) is 22.1. The SMILES string of the molecule is CC[C@](O)(CO)C[C@H]1[C@H](C(=O)OC)C(C(=O)OC)=C2Nc3ccccc3[C@]23CCN(Cc2ccccc2)[C@H]13. The minimum atomic E-state index is -1.43. The number of hydrogen-bond acceptors (Lipinski definition) is 8. The van der Waals surface area contributed by atoms with Crippen molar-refractivity contribution in [2.75, 3.05) is 32.7 Å². The number of esters is 2. The molecule has 1 fully saturated rings. The van der Waals surface area contributed by atoms with E-state index >= 15 is 0 Å². The average Bonchev–Trinajstić information content (AvgIpc) is 3.49. The molecule has 2 aliphatic heterocycles. The van der Waals surface area contributed by atoms with E-state index in [9.17, 15) is 19.8 Å². The van der Waals surface area contributed by atoms with Crippen molar-refractivity contribution >= 4 is 17.6 Å². The highest BCUT2D eigenvalue weighted by molar-refractivity contribution is 5.99. The highest BCUT2D eigenvalue weighted by Gasteiger charge is 2.65. The van der Waals surface area contributed by atoms with Crippen molar-refractivity contribution < 1.29 is 29.3 Å². The molecule has 0 radical (unpaired) electrons. The first-order valence-corrected chi connectivity index (χ1v) is 13.2. The van der Waals surface area contributed by atoms with Gasteiger partial charge in [0.15, 0.2) is 0 Å². The molecule has 2 aromatic carbocycles. The van der Waals surface area contributed by atoms with Crippen molar-refractivity contribution in [3.63, 3.8) is 0 Å². The van der Waals surface area contributed by atoms with Gasteiger partial charge in [-0.05, 0) is 42.4 Å². The number of nitrogens with zero attached hydrogens (tertiary/aromatic N) is 1. The molecule has 1 aliphatic carbocycles. The summed E-state index contributed by atoms with van der Waals surface area (Å²) >= 11 is 0. The third-order valence-electron chi connectivity index (χ3n) is 8.88. The Morgan fingerprint density at radius 3 is 2.47 bits per heavy atom. The Morgan fingerprint density at radius 1 is 1.11 bits per heavy atom. The van der Waals surface area contributed by atoms with Gasteiger partial charge in [-0.1, -0.05) is 55.5 Å². The standard InChI is InChI=1S/C30H36N2O6/c1-4-29(36,18-33)16-20-23(27(34)37-2)24(28(35)38-3)25-30(21-12-8-9-13-22(21)31-25)14-15-32(26(20)30)17-19-10-6-5-7-11-19/h5-13,20,23,26,31,33,36H,4,14-18H2,1-3H3/t20-,23-,26+,29+,30+/m0/s1. The number of benzene rings is 2. The number of nitrogens with one attached hydrogen (secondary N) is 1. The number of hydrogen-bond donors (Lipinski definition) is 3. The molecular weight excluding hydrogens is 484 g/mol. The van der Waals surface area contributed by atoms with E-state index in [1.165, 1.54) is 14.2 Å². The number of para-hydroxylation sites is 1. The van der Waals surface area contributed by atoms with E-state index in [2.05, 4.69) is 28.4 Å². The Balaban J connectivity index is 1.77. The van der Waals surface area contributed by atoms with Crippen LogP contribution in [0.2, 0.25) is 0 Å². The summed E-state index contributed by atoms with van der Waals surface area (Å²) in [4.78, 5) is 29.3. The van der Waals surface area contributed by atoms with Gasteiger partial charge in [-0.15, -0.1) is 0 Å². The molecule has 202 valence electrons. The fourth-order valence-corrected chi connectivity index (χ4v) is 7.09. The van der Waals surface area contributed by atoms with Crippen LogP contribution in [-0.2, 0) is 31.0 Å². The van der Waals surface area contributed by atoms with Gasteiger partial charge in [-0.2, -0.15) is 0 Å². The molecule has 1 saturated heterocycles. The second-order valence-corrected chi connectivity index (χ2v) is 10.7. The molecule has 1 spiro atoms. The minimum absolute atomic E-state index is 0.118. The van der Waals surface area contributed by atoms with Gasteiger partial charge in [0.25, 0.3) is 0 Å². The molecule has 3 N–H and O–H groups in total. The smallest absolute Gasteiger partial charge is 0.336 e. The van der Waals surface area contributed by atoms with Crippen LogP contribution in [0.5, 0.6) is 0 Å². The van der Waals surface area contributed by atoms with E-state index < -0.39 is 41.4 Å². The zero-order chi connectivity index (χ0) is 27.1. The van der Waals surface area contributed by atoms with E-state index in [1.807, 2.05) is 43.3 Å². The average molecular weight is 521 g/mol. The van der Waals surface area contributed by atoms with Crippen LogP contribution in [0.1, 0.15) is 37.3 Å². The molecule has 0 bridgehead atoms. The summed E-state index contributed by atoms with van der Waals surface area (Å²) in [6.45, 7) is 2.73. The molecule has 5 atom stereocenters. The molecule has 2 aromatic rings. The summed E-state index contributed by atoms with van der Waals surface area (Å²) in [7, 11) is 2.62. The monoisotopic (exact) mass is 520 g/mol. The molecule has 5 rings (SSSR count). The van der Waals surface area contributed by atoms with Gasteiger partial charge in [0, 0.05) is 30.5 Å². The number of carbonyl (C=O) groups excluding carboxylic acids is 2. The predicted octanol–water partition coefficient (Wildman–Crippen LogP) is 2.99. The molecular formula is C30H36N2O6. The van der Waals surface area contributed by atoms with Gasteiger partial charge in [0.2, 0.25) is 0 Å². The van der Waals surface area contributed by atoms with Crippen molar-refractivity contribution in [1.82, 2.24) is 4.90 Å². The Kier molecular flexibility index (Phi) is 7.07. The van der Waals surface area contributed by atoms with Gasteiger partial charge in [0.1, 0.15) is 0 Å². The van der Waals surface area contributed by atoms with E-state index in [1.54, 1.807) is 0 Å². The summed E-state index contributed by atoms with van der Waals surface area (Å²) in [5, 5.41) is 25.1. The van der Waals surface area contributed by atoms with Crippen molar-refractivity contribution in [3.8, 4) is 0 Å². The first-order valence-electron chi connectivity index (χ1n) is 13.2. The number of rotatable bonds is 8. The molecule has 0 amide bonds. The molecule has 8 heteroatoms. The molecule has 8 nitrogen and oxygen atoms in total. The maximum Gasteiger partial charge on any atom is 0.336 e. The van der Waals surface area contributed by atoms with Gasteiger partial charge in [0.05, 0.1) is 43.3 Å². The van der Waals surface area contributed by atoms with Crippen molar-refractivity contribution in [2.24, 2.45) is 11.8 Å². The molecule has 38 heavy (non-hydrogen) atoms. The lowest BCUT2D eigenvalue weighted by Crippen LogP contribution is -2.58. The molecule has 3 aliphatic rings. The number of likely N-dealkylation sites (tertiary alicyclic amines) is 1. The number of ether oxygens (including phenoxy) is 2. The number of aliphatic hydroxyl groups is 2. The maximum atomic E-state index is 13.5. The van der Waals surface area contributed by atoms with Gasteiger partial charge < -0.3 is 25.0 Å². The summed E-state index contributed by atoms with van der Waals surface area (Å²) in [6, 6.07) is 17.9. The van der Waals surface area contributed by atoms with Crippen molar-refractivity contribution in [3.05, 3.63) is 77.0 Å². The van der Waals surface area contributed by atoms with E-state index in [0.29, 0.717) is 18.7 Å². The number of methoxy groups -OCH3 is 2. The number of anilines is 1. The summed E-state index contributed by atoms with van der Waals surface area (Å²) < 4.78 is 10.5. The number of fused-ring (bicyclic) bond motifs is 1. The summed E-state index contributed by atoms with van der Waals surface area (Å²) in [5.74, 6) is -2.67. The van der Waals surface area contributed by atoms with Gasteiger partial charge in [-0.25, -0.2) is 4.79 Å². The quantitative estimate of drug-likeness (QED) is 0.456.